The normalized spacial score (nSPS) is 32.9. The molecule has 0 bridgehead atoms. The van der Waals surface area contributed by atoms with Crippen molar-refractivity contribution in [2.24, 2.45) is 0 Å². The molecule has 1 saturated heterocycles. The lowest BCUT2D eigenvalue weighted by atomic mass is 10.2. The van der Waals surface area contributed by atoms with Crippen LogP contribution in [0.5, 0.6) is 0 Å². The average Bonchev–Trinajstić information content (AvgIpc) is 2.86. The summed E-state index contributed by atoms with van der Waals surface area (Å²) in [5.74, 6) is -0.386. The predicted molar refractivity (Wildman–Crippen MR) is 62.6 cm³/mol. The fourth-order valence-corrected chi connectivity index (χ4v) is 2.68. The summed E-state index contributed by atoms with van der Waals surface area (Å²) in [6, 6.07) is 0. The molecule has 0 radical (unpaired) electrons. The molecule has 1 aromatic rings. The van der Waals surface area contributed by atoms with Crippen molar-refractivity contribution in [2.75, 3.05) is 6.67 Å². The van der Waals surface area contributed by atoms with Crippen molar-refractivity contribution in [1.82, 2.24) is 9.55 Å². The Labute approximate surface area is 109 Å². The van der Waals surface area contributed by atoms with Crippen molar-refractivity contribution < 1.29 is 19.2 Å². The number of imidazole rings is 1. The molecular formula is C8H9FIN3O4. The monoisotopic (exact) mass is 357 g/mol. The Morgan fingerprint density at radius 2 is 2.47 bits per heavy atom. The number of ether oxygens (including phenoxy) is 1. The van der Waals surface area contributed by atoms with E-state index in [0.717, 1.165) is 0 Å². The third-order valence-electron chi connectivity index (χ3n) is 2.53. The summed E-state index contributed by atoms with van der Waals surface area (Å²) in [7, 11) is 0. The Morgan fingerprint density at radius 3 is 3.00 bits per heavy atom. The summed E-state index contributed by atoms with van der Waals surface area (Å²) in [4.78, 5) is 13.6. The van der Waals surface area contributed by atoms with Crippen molar-refractivity contribution in [3.8, 4) is 0 Å². The van der Waals surface area contributed by atoms with Gasteiger partial charge >= 0.3 is 5.95 Å². The van der Waals surface area contributed by atoms with Gasteiger partial charge in [0.1, 0.15) is 31.3 Å². The minimum Gasteiger partial charge on any atom is -0.390 e. The van der Waals surface area contributed by atoms with Crippen molar-refractivity contribution >= 4 is 28.5 Å². The fourth-order valence-electron chi connectivity index (χ4n) is 1.70. The van der Waals surface area contributed by atoms with Gasteiger partial charge in [-0.3, -0.25) is 0 Å². The zero-order chi connectivity index (χ0) is 12.6. The number of nitrogens with zero attached hydrogens (tertiary/aromatic N) is 3. The fraction of sp³-hybridized carbons (Fsp3) is 0.625. The summed E-state index contributed by atoms with van der Waals surface area (Å²) in [6.07, 6.45) is -0.0901. The molecule has 4 atom stereocenters. The lowest BCUT2D eigenvalue weighted by Crippen LogP contribution is -2.28. The van der Waals surface area contributed by atoms with Gasteiger partial charge in [0, 0.05) is 0 Å². The first-order valence-electron chi connectivity index (χ1n) is 4.77. The molecule has 0 saturated carbocycles. The second-order valence-electron chi connectivity index (χ2n) is 3.55. The number of hydrogen-bond acceptors (Lipinski definition) is 5. The number of aliphatic hydroxyl groups is 1. The van der Waals surface area contributed by atoms with E-state index in [4.69, 9.17) is 4.74 Å². The third kappa shape index (κ3) is 2.13. The molecular weight excluding hydrogens is 348 g/mol. The molecule has 1 aromatic heterocycles. The molecule has 2 heterocycles. The maximum Gasteiger partial charge on any atom is 0.436 e. The van der Waals surface area contributed by atoms with Gasteiger partial charge in [0.2, 0.25) is 0 Å². The Hall–Kier alpha value is -0.810. The minimum atomic E-state index is -0.993. The molecule has 0 amide bonds. The highest BCUT2D eigenvalue weighted by atomic mass is 127. The van der Waals surface area contributed by atoms with E-state index >= 15 is 0 Å². The van der Waals surface area contributed by atoms with E-state index in [9.17, 15) is 19.6 Å². The molecule has 9 heteroatoms. The summed E-state index contributed by atoms with van der Waals surface area (Å²) in [5, 5.41) is 20.4. The lowest BCUT2D eigenvalue weighted by Gasteiger charge is -2.12. The summed E-state index contributed by atoms with van der Waals surface area (Å²) < 4.78 is 18.5. The van der Waals surface area contributed by atoms with Gasteiger partial charge in [-0.05, 0) is 4.92 Å². The van der Waals surface area contributed by atoms with Crippen LogP contribution in [0.1, 0.15) is 6.23 Å². The maximum atomic E-state index is 12.5. The van der Waals surface area contributed by atoms with Gasteiger partial charge in [0.25, 0.3) is 0 Å². The minimum absolute atomic E-state index is 0.386. The molecule has 2 rings (SSSR count). The van der Waals surface area contributed by atoms with Crippen LogP contribution in [-0.2, 0) is 4.74 Å². The topological polar surface area (TPSA) is 90.4 Å². The van der Waals surface area contributed by atoms with Gasteiger partial charge in [-0.2, -0.15) is 0 Å². The van der Waals surface area contributed by atoms with Gasteiger partial charge in [0.05, 0.1) is 3.92 Å². The van der Waals surface area contributed by atoms with Crippen LogP contribution >= 0.6 is 22.6 Å². The zero-order valence-electron chi connectivity index (χ0n) is 8.44. The number of hydrogen-bond donors (Lipinski definition) is 1. The SMILES string of the molecule is O=[N+]([O-])c1nccn1C1O[C@H](CF)[C@@H](O)[C@@H]1I. The average molecular weight is 357 g/mol. The number of aromatic nitrogens is 2. The van der Waals surface area contributed by atoms with E-state index in [1.807, 2.05) is 22.6 Å². The zero-order valence-corrected chi connectivity index (χ0v) is 10.6. The maximum absolute atomic E-state index is 12.5. The Morgan fingerprint density at radius 1 is 1.76 bits per heavy atom. The molecule has 1 aliphatic heterocycles. The highest BCUT2D eigenvalue weighted by molar-refractivity contribution is 14.1. The molecule has 0 aliphatic carbocycles. The predicted octanol–water partition coefficient (Wildman–Crippen LogP) is 0.823. The van der Waals surface area contributed by atoms with Crippen molar-refractivity contribution in [3.63, 3.8) is 0 Å². The third-order valence-corrected chi connectivity index (χ3v) is 3.88. The van der Waals surface area contributed by atoms with Crippen LogP contribution in [0.15, 0.2) is 12.4 Å². The van der Waals surface area contributed by atoms with Gasteiger partial charge in [-0.15, -0.1) is 0 Å². The molecule has 1 fully saturated rings. The number of rotatable bonds is 3. The molecule has 7 nitrogen and oxygen atoms in total. The van der Waals surface area contributed by atoms with Crippen molar-refractivity contribution in [3.05, 3.63) is 22.5 Å². The summed E-state index contributed by atoms with van der Waals surface area (Å²) in [5.41, 5.74) is 0. The molecule has 0 aromatic carbocycles. The number of alkyl halides is 2. The number of halogens is 2. The van der Waals surface area contributed by atoms with E-state index in [0.29, 0.717) is 0 Å². The summed E-state index contributed by atoms with van der Waals surface area (Å²) in [6.45, 7) is -0.834. The highest BCUT2D eigenvalue weighted by Gasteiger charge is 2.46. The van der Waals surface area contributed by atoms with Crippen LogP contribution in [0.25, 0.3) is 0 Å². The molecule has 1 aliphatic rings. The van der Waals surface area contributed by atoms with Crippen LogP contribution in [0.4, 0.5) is 10.3 Å². The Balaban J connectivity index is 2.29. The first kappa shape index (κ1) is 12.6. The molecule has 0 spiro atoms. The van der Waals surface area contributed by atoms with Crippen LogP contribution < -0.4 is 0 Å². The largest absolute Gasteiger partial charge is 0.436 e. The Bertz CT molecular complexity index is 429. The van der Waals surface area contributed by atoms with Gasteiger partial charge in [-0.1, -0.05) is 27.6 Å². The van der Waals surface area contributed by atoms with E-state index in [2.05, 4.69) is 4.98 Å². The lowest BCUT2D eigenvalue weighted by molar-refractivity contribution is -0.398. The Kier molecular flexibility index (Phi) is 3.58. The summed E-state index contributed by atoms with van der Waals surface area (Å²) >= 11 is 1.89. The van der Waals surface area contributed by atoms with Crippen LogP contribution in [0.3, 0.4) is 0 Å². The van der Waals surface area contributed by atoms with Crippen LogP contribution in [0, 0.1) is 10.1 Å². The first-order valence-corrected chi connectivity index (χ1v) is 6.01. The quantitative estimate of drug-likeness (QED) is 0.375. The smallest absolute Gasteiger partial charge is 0.390 e. The van der Waals surface area contributed by atoms with Crippen LogP contribution in [-0.4, -0.2) is 42.4 Å². The molecule has 1 unspecified atom stereocenters. The second-order valence-corrected chi connectivity index (χ2v) is 4.98. The van der Waals surface area contributed by atoms with Gasteiger partial charge in [-0.25, -0.2) is 8.96 Å². The number of nitro groups is 1. The standard InChI is InChI=1S/C8H9FIN3O4/c9-3-4-6(14)5(10)7(17-4)12-2-1-11-8(12)13(15)16/h1-2,4-7,14H,3H2/t4-,5+,6-,7?/m1/s1. The highest BCUT2D eigenvalue weighted by Crippen LogP contribution is 2.36. The van der Waals surface area contributed by atoms with Crippen molar-refractivity contribution in [2.45, 2.75) is 22.4 Å². The van der Waals surface area contributed by atoms with E-state index in [-0.39, 0.29) is 5.95 Å². The van der Waals surface area contributed by atoms with Crippen molar-refractivity contribution in [1.29, 1.82) is 0 Å². The van der Waals surface area contributed by atoms with Gasteiger partial charge < -0.3 is 20.0 Å². The van der Waals surface area contributed by atoms with E-state index < -0.39 is 34.0 Å². The van der Waals surface area contributed by atoms with E-state index in [1.54, 1.807) is 0 Å². The van der Waals surface area contributed by atoms with Gasteiger partial charge in [0.15, 0.2) is 6.23 Å². The molecule has 17 heavy (non-hydrogen) atoms. The second kappa shape index (κ2) is 4.82. The molecule has 94 valence electrons. The number of aliphatic hydroxyl groups excluding tert-OH is 1. The molecule has 1 N–H and O–H groups in total. The van der Waals surface area contributed by atoms with E-state index in [1.165, 1.54) is 17.0 Å². The van der Waals surface area contributed by atoms with Crippen LogP contribution in [0.2, 0.25) is 0 Å². The first-order chi connectivity index (χ1) is 8.06.